The first-order chi connectivity index (χ1) is 6.85. The molecule has 1 unspecified atom stereocenters. The second kappa shape index (κ2) is 6.76. The molecule has 0 saturated heterocycles. The lowest BCUT2D eigenvalue weighted by Gasteiger charge is -2.09. The quantitative estimate of drug-likeness (QED) is 0.483. The lowest BCUT2D eigenvalue weighted by molar-refractivity contribution is -0.121. The van der Waals surface area contributed by atoms with Crippen molar-refractivity contribution in [2.75, 3.05) is 19.3 Å². The molecule has 0 spiro atoms. The van der Waals surface area contributed by atoms with Gasteiger partial charge < -0.3 is 11.1 Å². The summed E-state index contributed by atoms with van der Waals surface area (Å²) in [6.45, 7) is 2.39. The lowest BCUT2D eigenvalue weighted by Crippen LogP contribution is -2.36. The van der Waals surface area contributed by atoms with Crippen LogP contribution in [-0.2, 0) is 14.8 Å². The van der Waals surface area contributed by atoms with E-state index in [-0.39, 0.29) is 31.5 Å². The van der Waals surface area contributed by atoms with Crippen LogP contribution in [0.3, 0.4) is 0 Å². The van der Waals surface area contributed by atoms with Gasteiger partial charge in [-0.15, -0.1) is 0 Å². The molecule has 6 nitrogen and oxygen atoms in total. The molecular weight excluding hydrogens is 218 g/mol. The van der Waals surface area contributed by atoms with Crippen LogP contribution in [0.5, 0.6) is 0 Å². The van der Waals surface area contributed by atoms with E-state index in [0.29, 0.717) is 0 Å². The Bertz CT molecular complexity index is 290. The van der Waals surface area contributed by atoms with Crippen LogP contribution in [0.4, 0.5) is 0 Å². The molecule has 0 aromatic heterocycles. The third kappa shape index (κ3) is 9.64. The Kier molecular flexibility index (Phi) is 6.46. The minimum atomic E-state index is -3.18. The summed E-state index contributed by atoms with van der Waals surface area (Å²) in [5, 5.41) is 2.57. The zero-order valence-corrected chi connectivity index (χ0v) is 9.93. The molecule has 0 saturated carbocycles. The van der Waals surface area contributed by atoms with Gasteiger partial charge >= 0.3 is 0 Å². The number of amides is 1. The average Bonchev–Trinajstić information content (AvgIpc) is 2.11. The van der Waals surface area contributed by atoms with Gasteiger partial charge in [0, 0.05) is 25.6 Å². The van der Waals surface area contributed by atoms with Crippen LogP contribution in [0.25, 0.3) is 0 Å². The molecule has 0 heterocycles. The Hall–Kier alpha value is -0.660. The lowest BCUT2D eigenvalue weighted by atomic mass is 10.1. The number of rotatable bonds is 7. The van der Waals surface area contributed by atoms with Crippen LogP contribution in [0.2, 0.25) is 0 Å². The van der Waals surface area contributed by atoms with Gasteiger partial charge in [-0.2, -0.15) is 0 Å². The standard InChI is InChI=1S/C8H19N3O3S/c1-3-7(9)6-8(12)10-4-5-11-15(2,13)14/h7,11H,3-6,9H2,1-2H3,(H,10,12). The highest BCUT2D eigenvalue weighted by Gasteiger charge is 2.06. The number of sulfonamides is 1. The van der Waals surface area contributed by atoms with Crippen LogP contribution in [0.15, 0.2) is 0 Å². The van der Waals surface area contributed by atoms with Crippen LogP contribution in [0.1, 0.15) is 19.8 Å². The Labute approximate surface area is 90.7 Å². The maximum Gasteiger partial charge on any atom is 0.221 e. The number of carbonyl (C=O) groups excluding carboxylic acids is 1. The molecule has 0 aliphatic rings. The number of nitrogens with two attached hydrogens (primary N) is 1. The Morgan fingerprint density at radius 2 is 2.00 bits per heavy atom. The predicted octanol–water partition coefficient (Wildman–Crippen LogP) is -1.22. The molecule has 15 heavy (non-hydrogen) atoms. The van der Waals surface area contributed by atoms with Gasteiger partial charge in [0.2, 0.25) is 15.9 Å². The first kappa shape index (κ1) is 14.3. The van der Waals surface area contributed by atoms with Gasteiger partial charge in [-0.3, -0.25) is 4.79 Å². The molecule has 0 bridgehead atoms. The van der Waals surface area contributed by atoms with E-state index in [9.17, 15) is 13.2 Å². The van der Waals surface area contributed by atoms with E-state index in [1.807, 2.05) is 6.92 Å². The van der Waals surface area contributed by atoms with E-state index in [0.717, 1.165) is 12.7 Å². The molecule has 0 aliphatic heterocycles. The molecule has 0 aromatic carbocycles. The summed E-state index contributed by atoms with van der Waals surface area (Å²) in [7, 11) is -3.18. The predicted molar refractivity (Wildman–Crippen MR) is 58.7 cm³/mol. The fourth-order valence-corrected chi connectivity index (χ4v) is 1.37. The highest BCUT2D eigenvalue weighted by molar-refractivity contribution is 7.88. The Morgan fingerprint density at radius 1 is 1.40 bits per heavy atom. The van der Waals surface area contributed by atoms with Crippen molar-refractivity contribution in [3.63, 3.8) is 0 Å². The van der Waals surface area contributed by atoms with Crippen molar-refractivity contribution in [2.45, 2.75) is 25.8 Å². The first-order valence-corrected chi connectivity index (χ1v) is 6.71. The van der Waals surface area contributed by atoms with Gasteiger partial charge in [0.1, 0.15) is 0 Å². The summed E-state index contributed by atoms with van der Waals surface area (Å²) >= 11 is 0. The van der Waals surface area contributed by atoms with Crippen molar-refractivity contribution in [1.82, 2.24) is 10.0 Å². The second-order valence-electron chi connectivity index (χ2n) is 3.39. The molecule has 0 aromatic rings. The summed E-state index contributed by atoms with van der Waals surface area (Å²) in [5.41, 5.74) is 5.58. The van der Waals surface area contributed by atoms with Crippen LogP contribution >= 0.6 is 0 Å². The summed E-state index contributed by atoms with van der Waals surface area (Å²) in [4.78, 5) is 11.2. The molecule has 1 amide bonds. The fraction of sp³-hybridized carbons (Fsp3) is 0.875. The zero-order chi connectivity index (χ0) is 11.9. The van der Waals surface area contributed by atoms with E-state index < -0.39 is 10.0 Å². The Morgan fingerprint density at radius 3 is 2.47 bits per heavy atom. The molecule has 4 N–H and O–H groups in total. The minimum absolute atomic E-state index is 0.132. The molecular formula is C8H19N3O3S. The van der Waals surface area contributed by atoms with Crippen LogP contribution in [-0.4, -0.2) is 39.7 Å². The molecule has 7 heteroatoms. The van der Waals surface area contributed by atoms with E-state index in [1.165, 1.54) is 0 Å². The highest BCUT2D eigenvalue weighted by Crippen LogP contribution is 1.92. The molecule has 0 rings (SSSR count). The largest absolute Gasteiger partial charge is 0.355 e. The van der Waals surface area contributed by atoms with E-state index >= 15 is 0 Å². The number of carbonyl (C=O) groups is 1. The highest BCUT2D eigenvalue weighted by atomic mass is 32.2. The number of hydrogen-bond acceptors (Lipinski definition) is 4. The molecule has 0 aliphatic carbocycles. The van der Waals surface area contributed by atoms with Crippen molar-refractivity contribution in [2.24, 2.45) is 5.73 Å². The molecule has 1 atom stereocenters. The normalized spacial score (nSPS) is 13.5. The molecule has 0 radical (unpaired) electrons. The summed E-state index contributed by atoms with van der Waals surface area (Å²) in [6, 6.07) is -0.132. The van der Waals surface area contributed by atoms with Crippen molar-refractivity contribution in [3.8, 4) is 0 Å². The minimum Gasteiger partial charge on any atom is -0.355 e. The van der Waals surface area contributed by atoms with Gasteiger partial charge in [-0.25, -0.2) is 13.1 Å². The van der Waals surface area contributed by atoms with Gasteiger partial charge in [-0.05, 0) is 6.42 Å². The topological polar surface area (TPSA) is 101 Å². The van der Waals surface area contributed by atoms with Crippen LogP contribution in [0, 0.1) is 0 Å². The maximum atomic E-state index is 11.2. The van der Waals surface area contributed by atoms with E-state index in [2.05, 4.69) is 10.0 Å². The van der Waals surface area contributed by atoms with Crippen LogP contribution < -0.4 is 15.8 Å². The van der Waals surface area contributed by atoms with Crippen molar-refractivity contribution < 1.29 is 13.2 Å². The summed E-state index contributed by atoms with van der Waals surface area (Å²) in [5.74, 6) is -0.153. The van der Waals surface area contributed by atoms with Gasteiger partial charge in [0.25, 0.3) is 0 Å². The monoisotopic (exact) mass is 237 g/mol. The third-order valence-electron chi connectivity index (χ3n) is 1.78. The van der Waals surface area contributed by atoms with Gasteiger partial charge in [0.05, 0.1) is 6.26 Å². The van der Waals surface area contributed by atoms with E-state index in [4.69, 9.17) is 5.73 Å². The maximum absolute atomic E-state index is 11.2. The van der Waals surface area contributed by atoms with E-state index in [1.54, 1.807) is 0 Å². The summed E-state index contributed by atoms with van der Waals surface area (Å²) < 4.78 is 23.6. The second-order valence-corrected chi connectivity index (χ2v) is 5.22. The smallest absolute Gasteiger partial charge is 0.221 e. The van der Waals surface area contributed by atoms with Gasteiger partial charge in [0.15, 0.2) is 0 Å². The first-order valence-electron chi connectivity index (χ1n) is 4.82. The van der Waals surface area contributed by atoms with Crippen molar-refractivity contribution >= 4 is 15.9 Å². The third-order valence-corrected chi connectivity index (χ3v) is 2.51. The van der Waals surface area contributed by atoms with Crippen molar-refractivity contribution in [3.05, 3.63) is 0 Å². The SMILES string of the molecule is CCC(N)CC(=O)NCCNS(C)(=O)=O. The average molecular weight is 237 g/mol. The molecule has 0 fully saturated rings. The number of nitrogens with one attached hydrogen (secondary N) is 2. The van der Waals surface area contributed by atoms with Crippen molar-refractivity contribution in [1.29, 1.82) is 0 Å². The summed E-state index contributed by atoms with van der Waals surface area (Å²) in [6.07, 6.45) is 2.09. The van der Waals surface area contributed by atoms with Gasteiger partial charge in [-0.1, -0.05) is 6.92 Å². The fourth-order valence-electron chi connectivity index (χ4n) is 0.893. The zero-order valence-electron chi connectivity index (χ0n) is 9.12. The number of hydrogen-bond donors (Lipinski definition) is 3. The molecule has 90 valence electrons. The Balaban J connectivity index is 3.56.